The SMILES string of the molecule is COCCn1c(CN(C)C(C)c2ccccn2)cnc1S(=O)(=O)CCC(C)C. The second-order valence-electron chi connectivity index (χ2n) is 7.52. The van der Waals surface area contributed by atoms with Crippen LogP contribution < -0.4 is 0 Å². The van der Waals surface area contributed by atoms with E-state index in [2.05, 4.69) is 21.8 Å². The minimum absolute atomic E-state index is 0.0907. The van der Waals surface area contributed by atoms with E-state index in [1.54, 1.807) is 24.1 Å². The van der Waals surface area contributed by atoms with Gasteiger partial charge in [-0.3, -0.25) is 9.88 Å². The number of imidazole rings is 1. The average molecular weight is 409 g/mol. The third-order valence-corrected chi connectivity index (χ3v) is 6.51. The molecule has 2 aromatic heterocycles. The van der Waals surface area contributed by atoms with E-state index in [4.69, 9.17) is 4.74 Å². The summed E-state index contributed by atoms with van der Waals surface area (Å²) in [5.74, 6) is 0.427. The van der Waals surface area contributed by atoms with Gasteiger partial charge in [0.15, 0.2) is 0 Å². The van der Waals surface area contributed by atoms with Crippen LogP contribution in [-0.4, -0.2) is 54.4 Å². The molecule has 0 aliphatic rings. The number of nitrogens with zero attached hydrogens (tertiary/aromatic N) is 4. The van der Waals surface area contributed by atoms with Gasteiger partial charge in [-0.25, -0.2) is 13.4 Å². The Morgan fingerprint density at radius 1 is 1.21 bits per heavy atom. The topological polar surface area (TPSA) is 77.3 Å². The summed E-state index contributed by atoms with van der Waals surface area (Å²) in [6.45, 7) is 7.56. The summed E-state index contributed by atoms with van der Waals surface area (Å²) >= 11 is 0. The highest BCUT2D eigenvalue weighted by Crippen LogP contribution is 2.21. The molecule has 1 unspecified atom stereocenters. The number of ether oxygens (including phenoxy) is 1. The second-order valence-corrected chi connectivity index (χ2v) is 9.53. The number of pyridine rings is 1. The number of sulfone groups is 1. The molecule has 0 saturated heterocycles. The van der Waals surface area contributed by atoms with E-state index >= 15 is 0 Å². The molecule has 0 aliphatic carbocycles. The Balaban J connectivity index is 2.25. The standard InChI is InChI=1S/C20H32N4O3S/c1-16(2)9-13-28(25,26)20-22-14-18(24(20)11-12-27-5)15-23(4)17(3)19-8-6-7-10-21-19/h6-8,10,14,16-17H,9,11-13,15H2,1-5H3. The normalized spacial score (nSPS) is 13.4. The first kappa shape index (κ1) is 22.5. The molecule has 28 heavy (non-hydrogen) atoms. The summed E-state index contributed by atoms with van der Waals surface area (Å²) in [6, 6.07) is 5.94. The van der Waals surface area contributed by atoms with Crippen LogP contribution in [0.4, 0.5) is 0 Å². The molecule has 0 N–H and O–H groups in total. The number of rotatable bonds is 11. The Hall–Kier alpha value is -1.77. The van der Waals surface area contributed by atoms with Crippen molar-refractivity contribution in [1.29, 1.82) is 0 Å². The number of aromatic nitrogens is 3. The van der Waals surface area contributed by atoms with Crippen LogP contribution in [0.15, 0.2) is 35.7 Å². The van der Waals surface area contributed by atoms with Crippen LogP contribution in [0.25, 0.3) is 0 Å². The average Bonchev–Trinajstić information content (AvgIpc) is 3.08. The van der Waals surface area contributed by atoms with E-state index in [-0.39, 0.29) is 17.0 Å². The maximum absolute atomic E-state index is 12.8. The molecule has 1 atom stereocenters. The molecule has 8 heteroatoms. The molecule has 0 bridgehead atoms. The Labute approximate surface area is 168 Å². The van der Waals surface area contributed by atoms with Crippen LogP contribution >= 0.6 is 0 Å². The second kappa shape index (κ2) is 10.1. The molecule has 0 fully saturated rings. The molecule has 0 aromatic carbocycles. The maximum Gasteiger partial charge on any atom is 0.227 e. The summed E-state index contributed by atoms with van der Waals surface area (Å²) in [5.41, 5.74) is 1.82. The van der Waals surface area contributed by atoms with Crippen molar-refractivity contribution in [3.8, 4) is 0 Å². The molecule has 0 radical (unpaired) electrons. The van der Waals surface area contributed by atoms with Crippen molar-refractivity contribution in [2.75, 3.05) is 26.5 Å². The van der Waals surface area contributed by atoms with Crippen molar-refractivity contribution in [2.45, 2.75) is 51.5 Å². The molecule has 2 heterocycles. The van der Waals surface area contributed by atoms with Crippen molar-refractivity contribution in [2.24, 2.45) is 5.92 Å². The zero-order valence-electron chi connectivity index (χ0n) is 17.5. The van der Waals surface area contributed by atoms with Crippen LogP contribution in [0, 0.1) is 5.92 Å². The first-order valence-corrected chi connectivity index (χ1v) is 11.3. The first-order valence-electron chi connectivity index (χ1n) is 9.63. The summed E-state index contributed by atoms with van der Waals surface area (Å²) in [6.07, 6.45) is 4.06. The zero-order valence-corrected chi connectivity index (χ0v) is 18.3. The van der Waals surface area contributed by atoms with Crippen molar-refractivity contribution >= 4 is 9.84 Å². The fraction of sp³-hybridized carbons (Fsp3) is 0.600. The van der Waals surface area contributed by atoms with E-state index in [0.29, 0.717) is 32.0 Å². The monoisotopic (exact) mass is 408 g/mol. The van der Waals surface area contributed by atoms with Crippen LogP contribution in [0.1, 0.15) is 44.6 Å². The first-order chi connectivity index (χ1) is 13.3. The highest BCUT2D eigenvalue weighted by atomic mass is 32.2. The van der Waals surface area contributed by atoms with Crippen molar-refractivity contribution in [3.63, 3.8) is 0 Å². The van der Waals surface area contributed by atoms with Gasteiger partial charge in [0.05, 0.1) is 29.9 Å². The molecular weight excluding hydrogens is 376 g/mol. The van der Waals surface area contributed by atoms with Gasteiger partial charge in [0.25, 0.3) is 0 Å². The van der Waals surface area contributed by atoms with Crippen LogP contribution in [0.3, 0.4) is 0 Å². The van der Waals surface area contributed by atoms with Gasteiger partial charge in [0, 0.05) is 32.4 Å². The summed E-state index contributed by atoms with van der Waals surface area (Å²) in [5, 5.41) is 0.138. The third kappa shape index (κ3) is 5.86. The lowest BCUT2D eigenvalue weighted by Crippen LogP contribution is -2.25. The van der Waals surface area contributed by atoms with Gasteiger partial charge in [0.1, 0.15) is 0 Å². The Bertz CT molecular complexity index is 834. The van der Waals surface area contributed by atoms with Gasteiger partial charge < -0.3 is 9.30 Å². The number of methoxy groups -OCH3 is 1. The molecule has 2 aromatic rings. The quantitative estimate of drug-likeness (QED) is 0.569. The maximum atomic E-state index is 12.8. The molecule has 0 amide bonds. The highest BCUT2D eigenvalue weighted by Gasteiger charge is 2.24. The van der Waals surface area contributed by atoms with E-state index in [0.717, 1.165) is 11.4 Å². The van der Waals surface area contributed by atoms with E-state index in [1.165, 1.54) is 0 Å². The van der Waals surface area contributed by atoms with Gasteiger partial charge in [-0.1, -0.05) is 19.9 Å². The predicted molar refractivity (Wildman–Crippen MR) is 110 cm³/mol. The van der Waals surface area contributed by atoms with Crippen LogP contribution in [-0.2, 0) is 27.7 Å². The predicted octanol–water partition coefficient (Wildman–Crippen LogP) is 2.94. The molecular formula is C20H32N4O3S. The smallest absolute Gasteiger partial charge is 0.227 e. The molecule has 0 saturated carbocycles. The minimum atomic E-state index is -3.44. The van der Waals surface area contributed by atoms with E-state index in [9.17, 15) is 8.42 Å². The van der Waals surface area contributed by atoms with Crippen molar-refractivity contribution < 1.29 is 13.2 Å². The Morgan fingerprint density at radius 2 is 1.96 bits per heavy atom. The highest BCUT2D eigenvalue weighted by molar-refractivity contribution is 7.91. The van der Waals surface area contributed by atoms with Crippen molar-refractivity contribution in [1.82, 2.24) is 19.4 Å². The lowest BCUT2D eigenvalue weighted by atomic mass is 10.2. The van der Waals surface area contributed by atoms with Gasteiger partial charge >= 0.3 is 0 Å². The third-order valence-electron chi connectivity index (χ3n) is 4.85. The van der Waals surface area contributed by atoms with Gasteiger partial charge in [0.2, 0.25) is 15.0 Å². The van der Waals surface area contributed by atoms with Crippen LogP contribution in [0.2, 0.25) is 0 Å². The van der Waals surface area contributed by atoms with E-state index in [1.807, 2.05) is 39.1 Å². The molecule has 156 valence electrons. The van der Waals surface area contributed by atoms with Gasteiger partial charge in [-0.05, 0) is 38.4 Å². The molecule has 7 nitrogen and oxygen atoms in total. The summed E-state index contributed by atoms with van der Waals surface area (Å²) < 4.78 is 32.6. The van der Waals surface area contributed by atoms with Gasteiger partial charge in [-0.2, -0.15) is 0 Å². The summed E-state index contributed by atoms with van der Waals surface area (Å²) in [7, 11) is 0.172. The van der Waals surface area contributed by atoms with E-state index < -0.39 is 9.84 Å². The lowest BCUT2D eigenvalue weighted by molar-refractivity contribution is 0.180. The largest absolute Gasteiger partial charge is 0.383 e. The van der Waals surface area contributed by atoms with Gasteiger partial charge in [-0.15, -0.1) is 0 Å². The molecule has 2 rings (SSSR count). The number of hydrogen-bond acceptors (Lipinski definition) is 6. The molecule has 0 aliphatic heterocycles. The molecule has 0 spiro atoms. The Kier molecular flexibility index (Phi) is 8.15. The van der Waals surface area contributed by atoms with Crippen LogP contribution in [0.5, 0.6) is 0 Å². The minimum Gasteiger partial charge on any atom is -0.383 e. The lowest BCUT2D eigenvalue weighted by Gasteiger charge is -2.24. The zero-order chi connectivity index (χ0) is 20.7. The fourth-order valence-electron chi connectivity index (χ4n) is 2.91. The number of hydrogen-bond donors (Lipinski definition) is 0. The van der Waals surface area contributed by atoms with Crippen molar-refractivity contribution in [3.05, 3.63) is 42.0 Å². The summed E-state index contributed by atoms with van der Waals surface area (Å²) in [4.78, 5) is 10.8. The fourth-order valence-corrected chi connectivity index (χ4v) is 4.63. The Morgan fingerprint density at radius 3 is 2.57 bits per heavy atom.